The third-order valence-electron chi connectivity index (χ3n) is 3.30. The summed E-state index contributed by atoms with van der Waals surface area (Å²) in [6, 6.07) is 0.899. The van der Waals surface area contributed by atoms with Crippen molar-refractivity contribution < 1.29 is 17.9 Å². The van der Waals surface area contributed by atoms with E-state index in [0.717, 1.165) is 18.9 Å². The zero-order valence-electron chi connectivity index (χ0n) is 11.8. The molecule has 1 saturated carbocycles. The molecule has 8 heteroatoms. The van der Waals surface area contributed by atoms with E-state index in [-0.39, 0.29) is 17.9 Å². The molecule has 1 aliphatic carbocycles. The molecule has 0 aromatic carbocycles. The molecule has 0 amide bonds. The molecule has 0 radical (unpaired) electrons. The number of hydrogen-bond acceptors (Lipinski definition) is 5. The number of halogens is 3. The van der Waals surface area contributed by atoms with E-state index >= 15 is 0 Å². The molecule has 2 N–H and O–H groups in total. The van der Waals surface area contributed by atoms with Crippen LogP contribution in [-0.2, 0) is 10.9 Å². The summed E-state index contributed by atoms with van der Waals surface area (Å²) in [5.74, 6) is 0.0701. The van der Waals surface area contributed by atoms with Crippen molar-refractivity contribution in [3.8, 4) is 0 Å². The fraction of sp³-hybridized carbons (Fsp3) is 0.692. The minimum absolute atomic E-state index is 0.0657. The Kier molecular flexibility index (Phi) is 5.22. The third kappa shape index (κ3) is 4.73. The van der Waals surface area contributed by atoms with E-state index in [9.17, 15) is 13.2 Å². The summed E-state index contributed by atoms with van der Waals surface area (Å²) < 4.78 is 43.8. The minimum Gasteiger partial charge on any atom is -0.376 e. The number of hydrogen-bond donors (Lipinski definition) is 2. The van der Waals surface area contributed by atoms with Gasteiger partial charge in [0.2, 0.25) is 5.95 Å². The molecule has 5 nitrogen and oxygen atoms in total. The number of aromatic nitrogens is 2. The van der Waals surface area contributed by atoms with Gasteiger partial charge < -0.3 is 15.4 Å². The Bertz CT molecular complexity index is 461. The lowest BCUT2D eigenvalue weighted by Crippen LogP contribution is -2.17. The first-order valence-electron chi connectivity index (χ1n) is 6.98. The molecule has 1 aliphatic rings. The average molecular weight is 304 g/mol. The van der Waals surface area contributed by atoms with E-state index < -0.39 is 11.9 Å². The van der Waals surface area contributed by atoms with Crippen molar-refractivity contribution in [1.82, 2.24) is 9.97 Å². The normalized spacial score (nSPS) is 16.2. The maximum absolute atomic E-state index is 12.7. The number of nitrogens with zero attached hydrogens (tertiary/aromatic N) is 2. The first-order valence-corrected chi connectivity index (χ1v) is 6.98. The standard InChI is InChI=1S/C13H19F3N4O/c1-17-12-19-10(13(14,15)16)8-11(20-12)18-6-7-21-9-4-2-3-5-9/h8-9H,2-7H2,1H3,(H2,17,18,19,20). The van der Waals surface area contributed by atoms with Crippen LogP contribution in [0.25, 0.3) is 0 Å². The second-order valence-electron chi connectivity index (χ2n) is 4.91. The molecule has 0 spiro atoms. The lowest BCUT2D eigenvalue weighted by Gasteiger charge is -2.13. The number of rotatable bonds is 6. The Balaban J connectivity index is 1.89. The number of anilines is 2. The van der Waals surface area contributed by atoms with Gasteiger partial charge in [-0.1, -0.05) is 12.8 Å². The Morgan fingerprint density at radius 3 is 2.62 bits per heavy atom. The van der Waals surface area contributed by atoms with Crippen molar-refractivity contribution in [1.29, 1.82) is 0 Å². The van der Waals surface area contributed by atoms with E-state index in [2.05, 4.69) is 20.6 Å². The highest BCUT2D eigenvalue weighted by Crippen LogP contribution is 2.29. The molecule has 0 bridgehead atoms. The van der Waals surface area contributed by atoms with Gasteiger partial charge in [-0.2, -0.15) is 18.2 Å². The Labute approximate surface area is 121 Å². The molecule has 0 saturated heterocycles. The summed E-state index contributed by atoms with van der Waals surface area (Å²) in [4.78, 5) is 7.34. The summed E-state index contributed by atoms with van der Waals surface area (Å²) in [7, 11) is 1.47. The zero-order chi connectivity index (χ0) is 15.3. The van der Waals surface area contributed by atoms with E-state index in [1.165, 1.54) is 19.9 Å². The fourth-order valence-electron chi connectivity index (χ4n) is 2.25. The van der Waals surface area contributed by atoms with Crippen LogP contribution in [0.15, 0.2) is 6.07 Å². The van der Waals surface area contributed by atoms with Gasteiger partial charge >= 0.3 is 6.18 Å². The van der Waals surface area contributed by atoms with Crippen molar-refractivity contribution in [3.63, 3.8) is 0 Å². The van der Waals surface area contributed by atoms with Gasteiger partial charge in [0, 0.05) is 19.7 Å². The predicted octanol–water partition coefficient (Wildman–Crippen LogP) is 2.91. The van der Waals surface area contributed by atoms with Crippen LogP contribution in [0.4, 0.5) is 24.9 Å². The van der Waals surface area contributed by atoms with E-state index in [4.69, 9.17) is 4.74 Å². The molecular weight excluding hydrogens is 285 g/mol. The van der Waals surface area contributed by atoms with Gasteiger partial charge in [-0.15, -0.1) is 0 Å². The van der Waals surface area contributed by atoms with Gasteiger partial charge in [-0.05, 0) is 12.8 Å². The maximum atomic E-state index is 12.7. The summed E-state index contributed by atoms with van der Waals surface area (Å²) in [5.41, 5.74) is -0.971. The molecule has 21 heavy (non-hydrogen) atoms. The average Bonchev–Trinajstić information content (AvgIpc) is 2.95. The molecule has 2 rings (SSSR count). The maximum Gasteiger partial charge on any atom is 0.433 e. The van der Waals surface area contributed by atoms with E-state index in [0.29, 0.717) is 13.2 Å². The predicted molar refractivity (Wildman–Crippen MR) is 73.3 cm³/mol. The van der Waals surface area contributed by atoms with Crippen LogP contribution >= 0.6 is 0 Å². The molecular formula is C13H19F3N4O. The smallest absolute Gasteiger partial charge is 0.376 e. The lowest BCUT2D eigenvalue weighted by molar-refractivity contribution is -0.141. The Hall–Kier alpha value is -1.57. The monoisotopic (exact) mass is 304 g/mol. The van der Waals surface area contributed by atoms with Gasteiger partial charge in [0.15, 0.2) is 5.69 Å². The van der Waals surface area contributed by atoms with Crippen molar-refractivity contribution in [2.24, 2.45) is 0 Å². The highest BCUT2D eigenvalue weighted by molar-refractivity contribution is 5.42. The van der Waals surface area contributed by atoms with E-state index in [1.807, 2.05) is 0 Å². The zero-order valence-corrected chi connectivity index (χ0v) is 11.8. The second-order valence-corrected chi connectivity index (χ2v) is 4.91. The van der Waals surface area contributed by atoms with Gasteiger partial charge in [0.25, 0.3) is 0 Å². The van der Waals surface area contributed by atoms with Crippen LogP contribution < -0.4 is 10.6 Å². The van der Waals surface area contributed by atoms with Crippen molar-refractivity contribution >= 4 is 11.8 Å². The first-order chi connectivity index (χ1) is 9.99. The van der Waals surface area contributed by atoms with Crippen molar-refractivity contribution in [3.05, 3.63) is 11.8 Å². The van der Waals surface area contributed by atoms with Crippen LogP contribution in [0, 0.1) is 0 Å². The van der Waals surface area contributed by atoms with E-state index in [1.54, 1.807) is 0 Å². The topological polar surface area (TPSA) is 59.1 Å². The van der Waals surface area contributed by atoms with Crippen LogP contribution in [0.1, 0.15) is 31.4 Å². The Morgan fingerprint density at radius 1 is 1.29 bits per heavy atom. The quantitative estimate of drug-likeness (QED) is 0.791. The molecule has 118 valence electrons. The number of ether oxygens (including phenoxy) is 1. The summed E-state index contributed by atoms with van der Waals surface area (Å²) in [5, 5.41) is 5.36. The van der Waals surface area contributed by atoms with Crippen molar-refractivity contribution in [2.75, 3.05) is 30.8 Å². The fourth-order valence-corrected chi connectivity index (χ4v) is 2.25. The number of nitrogens with one attached hydrogen (secondary N) is 2. The summed E-state index contributed by atoms with van der Waals surface area (Å²) in [6.45, 7) is 0.860. The Morgan fingerprint density at radius 2 is 2.00 bits per heavy atom. The molecule has 1 fully saturated rings. The lowest BCUT2D eigenvalue weighted by atomic mass is 10.3. The molecule has 0 unspecified atom stereocenters. The molecule has 1 aromatic heterocycles. The molecule has 0 atom stereocenters. The van der Waals surface area contributed by atoms with Crippen LogP contribution in [0.2, 0.25) is 0 Å². The summed E-state index contributed by atoms with van der Waals surface area (Å²) in [6.07, 6.45) is 0.293. The highest BCUT2D eigenvalue weighted by Gasteiger charge is 2.33. The van der Waals surface area contributed by atoms with Crippen LogP contribution in [-0.4, -0.2) is 36.3 Å². The van der Waals surface area contributed by atoms with Crippen LogP contribution in [0.3, 0.4) is 0 Å². The number of alkyl halides is 3. The SMILES string of the molecule is CNc1nc(NCCOC2CCCC2)cc(C(F)(F)F)n1. The largest absolute Gasteiger partial charge is 0.433 e. The minimum atomic E-state index is -4.49. The van der Waals surface area contributed by atoms with Crippen molar-refractivity contribution in [2.45, 2.75) is 38.0 Å². The molecule has 1 aromatic rings. The highest BCUT2D eigenvalue weighted by atomic mass is 19.4. The van der Waals surface area contributed by atoms with Gasteiger partial charge in [-0.3, -0.25) is 0 Å². The van der Waals surface area contributed by atoms with Gasteiger partial charge in [-0.25, -0.2) is 4.98 Å². The first kappa shape index (κ1) is 15.8. The molecule has 1 heterocycles. The molecule has 0 aliphatic heterocycles. The second kappa shape index (κ2) is 6.93. The third-order valence-corrected chi connectivity index (χ3v) is 3.30. The summed E-state index contributed by atoms with van der Waals surface area (Å²) >= 11 is 0. The van der Waals surface area contributed by atoms with Gasteiger partial charge in [0.05, 0.1) is 12.7 Å². The van der Waals surface area contributed by atoms with Gasteiger partial charge in [0.1, 0.15) is 5.82 Å². The van der Waals surface area contributed by atoms with Crippen LogP contribution in [0.5, 0.6) is 0 Å².